The molecular weight excluding hydrogens is 206 g/mol. The first-order chi connectivity index (χ1) is 7.58. The SMILES string of the molecule is CC(C)NC(=O)C1Cn2cccc2C(=O)N1. The number of fused-ring (bicyclic) bond motifs is 1. The van der Waals surface area contributed by atoms with Crippen molar-refractivity contribution in [3.05, 3.63) is 24.0 Å². The van der Waals surface area contributed by atoms with Gasteiger partial charge in [-0.2, -0.15) is 0 Å². The highest BCUT2D eigenvalue weighted by Gasteiger charge is 2.28. The maximum atomic E-state index is 11.7. The third kappa shape index (κ3) is 1.93. The molecule has 0 saturated carbocycles. The lowest BCUT2D eigenvalue weighted by molar-refractivity contribution is -0.123. The van der Waals surface area contributed by atoms with E-state index < -0.39 is 6.04 Å². The Kier molecular flexibility index (Phi) is 2.68. The first-order valence-electron chi connectivity index (χ1n) is 5.34. The fourth-order valence-electron chi connectivity index (χ4n) is 1.79. The highest BCUT2D eigenvalue weighted by atomic mass is 16.2. The van der Waals surface area contributed by atoms with Gasteiger partial charge >= 0.3 is 0 Å². The molecule has 1 aromatic heterocycles. The maximum absolute atomic E-state index is 11.7. The Labute approximate surface area is 93.8 Å². The molecule has 16 heavy (non-hydrogen) atoms. The zero-order chi connectivity index (χ0) is 11.7. The van der Waals surface area contributed by atoms with Crippen LogP contribution in [-0.4, -0.2) is 28.5 Å². The van der Waals surface area contributed by atoms with Gasteiger partial charge in [-0.25, -0.2) is 0 Å². The van der Waals surface area contributed by atoms with Crippen LogP contribution in [0.1, 0.15) is 24.3 Å². The third-order valence-electron chi connectivity index (χ3n) is 2.49. The Morgan fingerprint density at radius 1 is 1.62 bits per heavy atom. The van der Waals surface area contributed by atoms with E-state index in [1.807, 2.05) is 20.0 Å². The number of amides is 2. The average Bonchev–Trinajstić information content (AvgIpc) is 2.64. The molecule has 0 aliphatic carbocycles. The first-order valence-corrected chi connectivity index (χ1v) is 5.34. The number of nitrogens with zero attached hydrogens (tertiary/aromatic N) is 1. The molecule has 86 valence electrons. The topological polar surface area (TPSA) is 63.1 Å². The van der Waals surface area contributed by atoms with Gasteiger partial charge < -0.3 is 15.2 Å². The van der Waals surface area contributed by atoms with Crippen molar-refractivity contribution in [2.24, 2.45) is 0 Å². The molecule has 2 rings (SSSR count). The van der Waals surface area contributed by atoms with Gasteiger partial charge in [-0.05, 0) is 26.0 Å². The Morgan fingerprint density at radius 3 is 3.06 bits per heavy atom. The minimum Gasteiger partial charge on any atom is -0.352 e. The zero-order valence-electron chi connectivity index (χ0n) is 9.36. The summed E-state index contributed by atoms with van der Waals surface area (Å²) in [5.41, 5.74) is 0.605. The minimum atomic E-state index is -0.477. The molecule has 0 saturated heterocycles. The lowest BCUT2D eigenvalue weighted by Gasteiger charge is -2.25. The van der Waals surface area contributed by atoms with Gasteiger partial charge in [-0.3, -0.25) is 9.59 Å². The van der Waals surface area contributed by atoms with E-state index in [2.05, 4.69) is 10.6 Å². The number of carbonyl (C=O) groups is 2. The van der Waals surface area contributed by atoms with E-state index in [0.29, 0.717) is 12.2 Å². The molecule has 5 nitrogen and oxygen atoms in total. The van der Waals surface area contributed by atoms with Gasteiger partial charge in [0, 0.05) is 12.2 Å². The molecular formula is C11H15N3O2. The predicted molar refractivity (Wildman–Crippen MR) is 59.0 cm³/mol. The number of rotatable bonds is 2. The summed E-state index contributed by atoms with van der Waals surface area (Å²) >= 11 is 0. The van der Waals surface area contributed by atoms with Crippen LogP contribution in [0.15, 0.2) is 18.3 Å². The van der Waals surface area contributed by atoms with Gasteiger partial charge in [0.15, 0.2) is 0 Å². The van der Waals surface area contributed by atoms with Crippen LogP contribution in [-0.2, 0) is 11.3 Å². The monoisotopic (exact) mass is 221 g/mol. The second-order valence-corrected chi connectivity index (χ2v) is 4.24. The van der Waals surface area contributed by atoms with E-state index in [9.17, 15) is 9.59 Å². The predicted octanol–water partition coefficient (Wildman–Crippen LogP) is 0.125. The fraction of sp³-hybridized carbons (Fsp3) is 0.455. The standard InChI is InChI=1S/C11H15N3O2/c1-7(2)12-10(15)8-6-14-5-3-4-9(14)11(16)13-8/h3-5,7-8H,6H2,1-2H3,(H,12,15)(H,13,16). The van der Waals surface area contributed by atoms with Crippen molar-refractivity contribution in [3.63, 3.8) is 0 Å². The lowest BCUT2D eigenvalue weighted by atomic mass is 10.2. The summed E-state index contributed by atoms with van der Waals surface area (Å²) in [6.07, 6.45) is 1.81. The van der Waals surface area contributed by atoms with Crippen molar-refractivity contribution in [1.29, 1.82) is 0 Å². The molecule has 1 aliphatic heterocycles. The molecule has 0 radical (unpaired) electrons. The summed E-state index contributed by atoms with van der Waals surface area (Å²) in [4.78, 5) is 23.4. The molecule has 0 bridgehead atoms. The first kappa shape index (κ1) is 10.7. The van der Waals surface area contributed by atoms with Gasteiger partial charge in [0.2, 0.25) is 5.91 Å². The van der Waals surface area contributed by atoms with Crippen molar-refractivity contribution in [2.75, 3.05) is 0 Å². The van der Waals surface area contributed by atoms with Crippen LogP contribution in [0.3, 0.4) is 0 Å². The highest BCUT2D eigenvalue weighted by molar-refractivity contribution is 5.97. The Morgan fingerprint density at radius 2 is 2.38 bits per heavy atom. The maximum Gasteiger partial charge on any atom is 0.268 e. The lowest BCUT2D eigenvalue weighted by Crippen LogP contribution is -2.53. The number of aromatic nitrogens is 1. The fourth-order valence-corrected chi connectivity index (χ4v) is 1.79. The van der Waals surface area contributed by atoms with Crippen LogP contribution in [0.5, 0.6) is 0 Å². The van der Waals surface area contributed by atoms with Crippen LogP contribution >= 0.6 is 0 Å². The van der Waals surface area contributed by atoms with Crippen molar-refractivity contribution in [3.8, 4) is 0 Å². The van der Waals surface area contributed by atoms with Crippen LogP contribution < -0.4 is 10.6 Å². The van der Waals surface area contributed by atoms with Crippen molar-refractivity contribution in [1.82, 2.24) is 15.2 Å². The Hall–Kier alpha value is -1.78. The Bertz CT molecular complexity index is 423. The average molecular weight is 221 g/mol. The summed E-state index contributed by atoms with van der Waals surface area (Å²) in [5.74, 6) is -0.331. The number of carbonyl (C=O) groups excluding carboxylic acids is 2. The number of hydrogen-bond acceptors (Lipinski definition) is 2. The normalized spacial score (nSPS) is 19.2. The smallest absolute Gasteiger partial charge is 0.268 e. The number of nitrogens with one attached hydrogen (secondary N) is 2. The molecule has 1 unspecified atom stereocenters. The van der Waals surface area contributed by atoms with Crippen molar-refractivity contribution < 1.29 is 9.59 Å². The van der Waals surface area contributed by atoms with Crippen LogP contribution in [0.25, 0.3) is 0 Å². The molecule has 2 heterocycles. The molecule has 2 N–H and O–H groups in total. The van der Waals surface area contributed by atoms with Crippen molar-refractivity contribution in [2.45, 2.75) is 32.5 Å². The van der Waals surface area contributed by atoms with Gasteiger partial charge in [-0.1, -0.05) is 0 Å². The van der Waals surface area contributed by atoms with E-state index in [0.717, 1.165) is 0 Å². The number of hydrogen-bond donors (Lipinski definition) is 2. The van der Waals surface area contributed by atoms with Gasteiger partial charge in [0.25, 0.3) is 5.91 Å². The molecule has 1 aliphatic rings. The third-order valence-corrected chi connectivity index (χ3v) is 2.49. The van der Waals surface area contributed by atoms with Crippen LogP contribution in [0, 0.1) is 0 Å². The van der Waals surface area contributed by atoms with Crippen LogP contribution in [0.4, 0.5) is 0 Å². The molecule has 0 aromatic carbocycles. The molecule has 0 fully saturated rings. The molecule has 5 heteroatoms. The summed E-state index contributed by atoms with van der Waals surface area (Å²) in [5, 5.41) is 5.48. The Balaban J connectivity index is 2.12. The largest absolute Gasteiger partial charge is 0.352 e. The van der Waals surface area contributed by atoms with E-state index in [1.165, 1.54) is 0 Å². The quantitative estimate of drug-likeness (QED) is 0.745. The molecule has 0 spiro atoms. The summed E-state index contributed by atoms with van der Waals surface area (Å²) < 4.78 is 1.80. The van der Waals surface area contributed by atoms with Crippen LogP contribution in [0.2, 0.25) is 0 Å². The van der Waals surface area contributed by atoms with Gasteiger partial charge in [0.05, 0.1) is 6.54 Å². The highest BCUT2D eigenvalue weighted by Crippen LogP contribution is 2.09. The summed E-state index contributed by atoms with van der Waals surface area (Å²) in [6, 6.07) is 3.15. The molecule has 1 atom stereocenters. The van der Waals surface area contributed by atoms with E-state index >= 15 is 0 Å². The zero-order valence-corrected chi connectivity index (χ0v) is 9.36. The minimum absolute atomic E-state index is 0.0791. The van der Waals surface area contributed by atoms with Crippen molar-refractivity contribution >= 4 is 11.8 Å². The second kappa shape index (κ2) is 4.00. The van der Waals surface area contributed by atoms with E-state index in [1.54, 1.807) is 16.7 Å². The van der Waals surface area contributed by atoms with Gasteiger partial charge in [0.1, 0.15) is 11.7 Å². The summed E-state index contributed by atoms with van der Waals surface area (Å²) in [7, 11) is 0. The molecule has 2 amide bonds. The van der Waals surface area contributed by atoms with E-state index in [-0.39, 0.29) is 17.9 Å². The second-order valence-electron chi connectivity index (χ2n) is 4.24. The van der Waals surface area contributed by atoms with Gasteiger partial charge in [-0.15, -0.1) is 0 Å². The summed E-state index contributed by atoms with van der Waals surface area (Å²) in [6.45, 7) is 4.28. The van der Waals surface area contributed by atoms with E-state index in [4.69, 9.17) is 0 Å². The molecule has 1 aromatic rings.